The van der Waals surface area contributed by atoms with E-state index < -0.39 is 30.7 Å². The van der Waals surface area contributed by atoms with Gasteiger partial charge in [0.15, 0.2) is 6.10 Å². The number of carboxylic acid groups (broad SMARTS) is 1. The molecule has 0 radical (unpaired) electrons. The molecule has 2 N–H and O–H groups in total. The summed E-state index contributed by atoms with van der Waals surface area (Å²) in [5.74, 6) is -0.530. The molecule has 0 aromatic heterocycles. The number of alkyl halides is 3. The molecule has 0 aromatic carbocycles. The van der Waals surface area contributed by atoms with E-state index in [0.29, 0.717) is 37.7 Å². The van der Waals surface area contributed by atoms with Crippen molar-refractivity contribution in [3.63, 3.8) is 0 Å². The van der Waals surface area contributed by atoms with E-state index in [1.807, 2.05) is 18.7 Å². The molecular formula is C18H27F3N2O4. The second-order valence-electron chi connectivity index (χ2n) is 7.23. The molecule has 0 saturated carbocycles. The number of morpholine rings is 1. The summed E-state index contributed by atoms with van der Waals surface area (Å²) < 4.78 is 43.6. The number of aliphatic carboxylic acids is 1. The highest BCUT2D eigenvalue weighted by Crippen LogP contribution is 2.34. The molecule has 0 spiro atoms. The lowest BCUT2D eigenvalue weighted by molar-refractivity contribution is -0.206. The van der Waals surface area contributed by atoms with Crippen molar-refractivity contribution >= 4 is 5.97 Å². The van der Waals surface area contributed by atoms with Gasteiger partial charge in [0.05, 0.1) is 24.8 Å². The summed E-state index contributed by atoms with van der Waals surface area (Å²) in [6.45, 7) is 7.44. The Morgan fingerprint density at radius 1 is 1.33 bits per heavy atom. The third-order valence-electron chi connectivity index (χ3n) is 4.91. The van der Waals surface area contributed by atoms with Gasteiger partial charge in [-0.3, -0.25) is 0 Å². The normalized spacial score (nSPS) is 23.0. The smallest absolute Gasteiger partial charge is 0.414 e. The van der Waals surface area contributed by atoms with Crippen LogP contribution in [0.4, 0.5) is 13.2 Å². The van der Waals surface area contributed by atoms with Crippen LogP contribution >= 0.6 is 0 Å². The highest BCUT2D eigenvalue weighted by atomic mass is 19.4. The molecule has 2 heterocycles. The molecule has 2 aliphatic heterocycles. The molecule has 0 aromatic rings. The molecule has 154 valence electrons. The highest BCUT2D eigenvalue weighted by molar-refractivity contribution is 5.90. The maximum atomic E-state index is 12.8. The molecule has 1 saturated heterocycles. The summed E-state index contributed by atoms with van der Waals surface area (Å²) >= 11 is 0. The minimum absolute atomic E-state index is 0.100. The van der Waals surface area contributed by atoms with Gasteiger partial charge in [0.2, 0.25) is 0 Å². The van der Waals surface area contributed by atoms with E-state index in [1.165, 1.54) is 0 Å². The molecular weight excluding hydrogens is 365 g/mol. The van der Waals surface area contributed by atoms with Crippen LogP contribution in [-0.2, 0) is 9.53 Å². The maximum Gasteiger partial charge on any atom is 0.414 e. The Balaban J connectivity index is 2.38. The number of carbonyl (C=O) groups is 1. The Morgan fingerprint density at radius 3 is 2.41 bits per heavy atom. The summed E-state index contributed by atoms with van der Waals surface area (Å²) in [7, 11) is 0. The van der Waals surface area contributed by atoms with Gasteiger partial charge >= 0.3 is 12.1 Å². The molecule has 2 atom stereocenters. The number of hydrogen-bond donors (Lipinski definition) is 2. The Bertz CT molecular complexity index is 610. The van der Waals surface area contributed by atoms with Crippen LogP contribution in [-0.4, -0.2) is 77.2 Å². The van der Waals surface area contributed by atoms with Gasteiger partial charge in [-0.15, -0.1) is 0 Å². The molecule has 0 aliphatic carbocycles. The minimum Gasteiger partial charge on any atom is -0.478 e. The van der Waals surface area contributed by atoms with Crippen molar-refractivity contribution in [3.8, 4) is 0 Å². The van der Waals surface area contributed by atoms with E-state index >= 15 is 0 Å². The first kappa shape index (κ1) is 21.6. The number of nitrogens with zero attached hydrogens (tertiary/aromatic N) is 2. The number of carboxylic acids is 1. The Labute approximate surface area is 156 Å². The van der Waals surface area contributed by atoms with Gasteiger partial charge in [-0.05, 0) is 30.9 Å². The summed E-state index contributed by atoms with van der Waals surface area (Å²) in [6.07, 6.45) is -5.96. The number of halogens is 3. The average molecular weight is 392 g/mol. The topological polar surface area (TPSA) is 73.2 Å². The maximum absolute atomic E-state index is 12.8. The Kier molecular flexibility index (Phi) is 6.80. The molecule has 2 rings (SSSR count). The zero-order valence-electron chi connectivity index (χ0n) is 15.8. The third kappa shape index (κ3) is 4.95. The van der Waals surface area contributed by atoms with Crippen LogP contribution in [0.15, 0.2) is 23.0 Å². The lowest BCUT2D eigenvalue weighted by Crippen LogP contribution is -2.51. The van der Waals surface area contributed by atoms with Crippen LogP contribution in [0.3, 0.4) is 0 Å². The second-order valence-corrected chi connectivity index (χ2v) is 7.23. The number of ether oxygens (including phenoxy) is 1. The van der Waals surface area contributed by atoms with Gasteiger partial charge in [0.1, 0.15) is 5.82 Å². The van der Waals surface area contributed by atoms with E-state index in [-0.39, 0.29) is 18.0 Å². The zero-order chi connectivity index (χ0) is 20.4. The van der Waals surface area contributed by atoms with E-state index in [9.17, 15) is 28.2 Å². The van der Waals surface area contributed by atoms with Gasteiger partial charge < -0.3 is 24.7 Å². The molecule has 0 amide bonds. The molecule has 1 fully saturated rings. The fourth-order valence-corrected chi connectivity index (χ4v) is 3.62. The van der Waals surface area contributed by atoms with E-state index in [4.69, 9.17) is 4.74 Å². The predicted molar refractivity (Wildman–Crippen MR) is 92.8 cm³/mol. The van der Waals surface area contributed by atoms with E-state index in [2.05, 4.69) is 0 Å². The fraction of sp³-hybridized carbons (Fsp3) is 0.722. The monoisotopic (exact) mass is 392 g/mol. The van der Waals surface area contributed by atoms with Crippen LogP contribution in [0, 0.1) is 5.92 Å². The quantitative estimate of drug-likeness (QED) is 0.722. The summed E-state index contributed by atoms with van der Waals surface area (Å²) in [4.78, 5) is 15.5. The predicted octanol–water partition coefficient (Wildman–Crippen LogP) is 2.21. The van der Waals surface area contributed by atoms with Crippen molar-refractivity contribution in [2.45, 2.75) is 45.5 Å². The van der Waals surface area contributed by atoms with Crippen LogP contribution < -0.4 is 0 Å². The SMILES string of the molecule is CC1=C(C(=O)O)C(C(C)C)N(CCC(O)C(F)(F)F)C(N2CCOCC2)=C1. The molecule has 9 heteroatoms. The van der Waals surface area contributed by atoms with Crippen molar-refractivity contribution in [3.05, 3.63) is 23.0 Å². The van der Waals surface area contributed by atoms with Crippen molar-refractivity contribution in [1.82, 2.24) is 9.80 Å². The van der Waals surface area contributed by atoms with E-state index in [0.717, 1.165) is 0 Å². The largest absolute Gasteiger partial charge is 0.478 e. The fourth-order valence-electron chi connectivity index (χ4n) is 3.62. The second kappa shape index (κ2) is 8.52. The van der Waals surface area contributed by atoms with Crippen molar-refractivity contribution in [2.75, 3.05) is 32.8 Å². The molecule has 27 heavy (non-hydrogen) atoms. The van der Waals surface area contributed by atoms with Crippen LogP contribution in [0.2, 0.25) is 0 Å². The first-order chi connectivity index (χ1) is 12.5. The Morgan fingerprint density at radius 2 is 1.93 bits per heavy atom. The van der Waals surface area contributed by atoms with Crippen molar-refractivity contribution < 1.29 is 32.9 Å². The molecule has 2 unspecified atom stereocenters. The molecule has 0 bridgehead atoms. The lowest BCUT2D eigenvalue weighted by Gasteiger charge is -2.46. The number of aliphatic hydroxyl groups is 1. The summed E-state index contributed by atoms with van der Waals surface area (Å²) in [6, 6.07) is -0.578. The number of hydrogen-bond acceptors (Lipinski definition) is 5. The van der Waals surface area contributed by atoms with Crippen molar-refractivity contribution in [1.29, 1.82) is 0 Å². The van der Waals surface area contributed by atoms with Gasteiger partial charge in [0.25, 0.3) is 0 Å². The average Bonchev–Trinajstić information content (AvgIpc) is 2.58. The van der Waals surface area contributed by atoms with Gasteiger partial charge in [-0.2, -0.15) is 13.2 Å². The first-order valence-electron chi connectivity index (χ1n) is 9.04. The standard InChI is InChI=1S/C18H27F3N2O4/c1-11(2)16-15(17(25)26)12(3)10-14(22-6-8-27-9-7-22)23(16)5-4-13(24)18(19,20)21/h10-11,13,16,24H,4-9H2,1-3H3,(H,25,26). The Hall–Kier alpha value is -1.74. The number of aliphatic hydroxyl groups excluding tert-OH is 1. The summed E-state index contributed by atoms with van der Waals surface area (Å²) in [5.41, 5.74) is 0.777. The lowest BCUT2D eigenvalue weighted by atomic mass is 9.87. The molecule has 2 aliphatic rings. The molecule has 6 nitrogen and oxygen atoms in total. The van der Waals surface area contributed by atoms with Crippen molar-refractivity contribution in [2.24, 2.45) is 5.92 Å². The van der Waals surface area contributed by atoms with Crippen LogP contribution in [0.25, 0.3) is 0 Å². The summed E-state index contributed by atoms with van der Waals surface area (Å²) in [5, 5.41) is 19.1. The van der Waals surface area contributed by atoms with Crippen LogP contribution in [0.5, 0.6) is 0 Å². The number of rotatable bonds is 6. The first-order valence-corrected chi connectivity index (χ1v) is 9.04. The third-order valence-corrected chi connectivity index (χ3v) is 4.91. The minimum atomic E-state index is -4.70. The van der Waals surface area contributed by atoms with E-state index in [1.54, 1.807) is 17.9 Å². The van der Waals surface area contributed by atoms with Gasteiger partial charge in [0, 0.05) is 19.6 Å². The zero-order valence-corrected chi connectivity index (χ0v) is 15.8. The van der Waals surface area contributed by atoms with Gasteiger partial charge in [-0.1, -0.05) is 13.8 Å². The highest BCUT2D eigenvalue weighted by Gasteiger charge is 2.41. The van der Waals surface area contributed by atoms with Crippen LogP contribution in [0.1, 0.15) is 27.2 Å². The van der Waals surface area contributed by atoms with Gasteiger partial charge in [-0.25, -0.2) is 4.79 Å². The number of allylic oxidation sites excluding steroid dienone is 2.